The lowest BCUT2D eigenvalue weighted by Crippen LogP contribution is -2.42. The summed E-state index contributed by atoms with van der Waals surface area (Å²) in [5, 5.41) is 4.23. The van der Waals surface area contributed by atoms with Crippen LogP contribution in [0.5, 0.6) is 5.75 Å². The number of furan rings is 1. The number of halogens is 1. The lowest BCUT2D eigenvalue weighted by Gasteiger charge is -2.13. The number of nitrogens with zero attached hydrogens (tertiary/aromatic N) is 1. The van der Waals surface area contributed by atoms with E-state index in [1.807, 2.05) is 6.07 Å². The largest absolute Gasteiger partial charge is 0.484 e. The van der Waals surface area contributed by atoms with E-state index in [1.165, 1.54) is 18.2 Å². The lowest BCUT2D eigenvalue weighted by molar-refractivity contribution is -0.123. The van der Waals surface area contributed by atoms with Crippen LogP contribution >= 0.6 is 0 Å². The second-order valence-corrected chi connectivity index (χ2v) is 7.79. The minimum absolute atomic E-state index is 0.00262. The van der Waals surface area contributed by atoms with Crippen molar-refractivity contribution in [3.63, 3.8) is 0 Å². The van der Waals surface area contributed by atoms with Crippen LogP contribution in [0.1, 0.15) is 50.6 Å². The summed E-state index contributed by atoms with van der Waals surface area (Å²) >= 11 is 0. The van der Waals surface area contributed by atoms with Crippen LogP contribution in [-0.2, 0) is 11.2 Å². The Bertz CT molecular complexity index is 1290. The third kappa shape index (κ3) is 5.55. The quantitative estimate of drug-likeness (QED) is 0.470. The van der Waals surface area contributed by atoms with Crippen molar-refractivity contribution in [2.24, 2.45) is 5.10 Å². The molecule has 1 aliphatic carbocycles. The zero-order valence-corrected chi connectivity index (χ0v) is 18.9. The summed E-state index contributed by atoms with van der Waals surface area (Å²) < 4.78 is 24.9. The van der Waals surface area contributed by atoms with Crippen molar-refractivity contribution in [3.05, 3.63) is 88.6 Å². The first-order valence-corrected chi connectivity index (χ1v) is 10.9. The molecule has 2 aromatic carbocycles. The Labute approximate surface area is 200 Å². The summed E-state index contributed by atoms with van der Waals surface area (Å²) in [4.78, 5) is 37.0. The highest BCUT2D eigenvalue weighted by Gasteiger charge is 2.28. The molecule has 35 heavy (non-hydrogen) atoms. The van der Waals surface area contributed by atoms with Gasteiger partial charge in [0.25, 0.3) is 11.8 Å². The fourth-order valence-corrected chi connectivity index (χ4v) is 3.71. The Balaban J connectivity index is 1.41. The highest BCUT2D eigenvalue weighted by molar-refractivity contribution is 6.07. The van der Waals surface area contributed by atoms with E-state index < -0.39 is 23.5 Å². The number of carbonyl (C=O) groups excluding carboxylic acids is 3. The molecule has 180 valence electrons. The van der Waals surface area contributed by atoms with Crippen LogP contribution in [0.4, 0.5) is 4.39 Å². The Hall–Kier alpha value is -4.47. The van der Waals surface area contributed by atoms with E-state index in [0.717, 1.165) is 12.5 Å². The smallest absolute Gasteiger partial charge is 0.305 e. The first-order valence-electron chi connectivity index (χ1n) is 10.9. The number of benzene rings is 2. The lowest BCUT2D eigenvalue weighted by atomic mass is 9.93. The predicted molar refractivity (Wildman–Crippen MR) is 124 cm³/mol. The van der Waals surface area contributed by atoms with E-state index in [9.17, 15) is 18.8 Å². The minimum atomic E-state index is -0.798. The van der Waals surface area contributed by atoms with Gasteiger partial charge in [0.15, 0.2) is 12.4 Å². The molecule has 0 atom stereocenters. The van der Waals surface area contributed by atoms with Crippen LogP contribution in [0.15, 0.2) is 64.1 Å². The molecule has 3 N–H and O–H groups in total. The molecule has 0 spiro atoms. The summed E-state index contributed by atoms with van der Waals surface area (Å²) in [6.07, 6.45) is 1.90. The summed E-state index contributed by atoms with van der Waals surface area (Å²) in [6, 6.07) is 14.4. The maximum Gasteiger partial charge on any atom is 0.305 e. The number of fused-ring (bicyclic) bond motifs is 1. The van der Waals surface area contributed by atoms with Crippen molar-refractivity contribution in [3.8, 4) is 5.75 Å². The van der Waals surface area contributed by atoms with Crippen LogP contribution in [0, 0.1) is 12.7 Å². The standard InChI is InChI=1S/C25H23FN4O5/c1-15-22-19(27-28-21(31)14-34-16-8-3-2-4-9-16)12-7-13-20(22)35-23(15)25(33)30-29-24(32)17-10-5-6-11-18(17)26/h2-6,8-11H,7,12-14H2,1H3,(H,28,31)(H,29,32)(H,30,33)/b27-19+. The fraction of sp³-hybridized carbons (Fsp3) is 0.200. The highest BCUT2D eigenvalue weighted by atomic mass is 19.1. The maximum atomic E-state index is 13.8. The van der Waals surface area contributed by atoms with Gasteiger partial charge < -0.3 is 9.15 Å². The van der Waals surface area contributed by atoms with E-state index in [2.05, 4.69) is 21.4 Å². The fourth-order valence-electron chi connectivity index (χ4n) is 3.71. The van der Waals surface area contributed by atoms with Crippen molar-refractivity contribution in [1.82, 2.24) is 16.3 Å². The van der Waals surface area contributed by atoms with E-state index in [4.69, 9.17) is 9.15 Å². The Morgan fingerprint density at radius 2 is 1.71 bits per heavy atom. The number of hydrazine groups is 1. The van der Waals surface area contributed by atoms with Crippen molar-refractivity contribution in [2.45, 2.75) is 26.2 Å². The van der Waals surface area contributed by atoms with Crippen molar-refractivity contribution in [1.29, 1.82) is 0 Å². The molecule has 4 rings (SSSR count). The monoisotopic (exact) mass is 478 g/mol. The van der Waals surface area contributed by atoms with Crippen LogP contribution in [0.3, 0.4) is 0 Å². The third-order valence-corrected chi connectivity index (χ3v) is 5.37. The van der Waals surface area contributed by atoms with Gasteiger partial charge in [0.2, 0.25) is 0 Å². The average Bonchev–Trinajstić information content (AvgIpc) is 3.22. The Morgan fingerprint density at radius 3 is 2.49 bits per heavy atom. The van der Waals surface area contributed by atoms with E-state index in [1.54, 1.807) is 31.2 Å². The number of hydrazone groups is 1. The molecule has 3 aromatic rings. The molecule has 0 fully saturated rings. The van der Waals surface area contributed by atoms with Gasteiger partial charge in [-0.25, -0.2) is 9.82 Å². The summed E-state index contributed by atoms with van der Waals surface area (Å²) in [5.74, 6) is -1.50. The number of amides is 3. The van der Waals surface area contributed by atoms with Gasteiger partial charge in [-0.2, -0.15) is 5.10 Å². The number of rotatable bonds is 6. The van der Waals surface area contributed by atoms with Crippen LogP contribution in [0.2, 0.25) is 0 Å². The molecule has 0 bridgehead atoms. The number of nitrogens with one attached hydrogen (secondary N) is 3. The molecule has 10 heteroatoms. The number of hydrogen-bond donors (Lipinski definition) is 3. The number of ether oxygens (including phenoxy) is 1. The molecule has 1 aromatic heterocycles. The number of hydrogen-bond acceptors (Lipinski definition) is 6. The van der Waals surface area contributed by atoms with Gasteiger partial charge in [-0.05, 0) is 44.0 Å². The van der Waals surface area contributed by atoms with E-state index in [-0.39, 0.29) is 17.9 Å². The molecule has 0 saturated heterocycles. The van der Waals surface area contributed by atoms with Crippen LogP contribution in [0.25, 0.3) is 0 Å². The van der Waals surface area contributed by atoms with Crippen molar-refractivity contribution in [2.75, 3.05) is 6.61 Å². The minimum Gasteiger partial charge on any atom is -0.484 e. The van der Waals surface area contributed by atoms with E-state index in [0.29, 0.717) is 41.2 Å². The first kappa shape index (κ1) is 23.7. The topological polar surface area (TPSA) is 122 Å². The first-order chi connectivity index (χ1) is 16.9. The molecule has 0 aliphatic heterocycles. The Kier molecular flexibility index (Phi) is 7.20. The second-order valence-electron chi connectivity index (χ2n) is 7.79. The van der Waals surface area contributed by atoms with Gasteiger partial charge in [0.1, 0.15) is 17.3 Å². The van der Waals surface area contributed by atoms with Gasteiger partial charge in [0, 0.05) is 17.5 Å². The summed E-state index contributed by atoms with van der Waals surface area (Å²) in [5.41, 5.74) is 8.45. The van der Waals surface area contributed by atoms with Crippen molar-refractivity contribution < 1.29 is 27.9 Å². The van der Waals surface area contributed by atoms with Gasteiger partial charge in [0.05, 0.1) is 11.3 Å². The number of aryl methyl sites for hydroxylation is 1. The Morgan fingerprint density at radius 1 is 1.00 bits per heavy atom. The highest BCUT2D eigenvalue weighted by Crippen LogP contribution is 2.29. The van der Waals surface area contributed by atoms with Gasteiger partial charge in [-0.3, -0.25) is 25.2 Å². The van der Waals surface area contributed by atoms with Crippen molar-refractivity contribution >= 4 is 23.4 Å². The number of para-hydroxylation sites is 1. The zero-order valence-electron chi connectivity index (χ0n) is 18.9. The molecule has 0 unspecified atom stereocenters. The predicted octanol–water partition coefficient (Wildman–Crippen LogP) is 3.04. The van der Waals surface area contributed by atoms with Gasteiger partial charge in [-0.15, -0.1) is 0 Å². The third-order valence-electron chi connectivity index (χ3n) is 5.37. The normalized spacial score (nSPS) is 13.6. The molecule has 1 heterocycles. The second kappa shape index (κ2) is 10.6. The molecular weight excluding hydrogens is 455 g/mol. The number of carbonyl (C=O) groups is 3. The van der Waals surface area contributed by atoms with E-state index >= 15 is 0 Å². The van der Waals surface area contributed by atoms with Crippen LogP contribution < -0.4 is 21.0 Å². The molecular formula is C25H23FN4O5. The zero-order chi connectivity index (χ0) is 24.8. The van der Waals surface area contributed by atoms with Gasteiger partial charge >= 0.3 is 5.91 Å². The molecule has 0 saturated carbocycles. The molecule has 1 aliphatic rings. The molecule has 3 amide bonds. The molecule has 0 radical (unpaired) electrons. The van der Waals surface area contributed by atoms with Crippen LogP contribution in [-0.4, -0.2) is 30.0 Å². The van der Waals surface area contributed by atoms with Gasteiger partial charge in [-0.1, -0.05) is 30.3 Å². The molecule has 9 nitrogen and oxygen atoms in total. The average molecular weight is 478 g/mol. The maximum absolute atomic E-state index is 13.8. The summed E-state index contributed by atoms with van der Waals surface area (Å²) in [6.45, 7) is 1.49. The summed E-state index contributed by atoms with van der Waals surface area (Å²) in [7, 11) is 0. The SMILES string of the molecule is Cc1c(C(=O)NNC(=O)c2ccccc2F)oc2c1/C(=N/NC(=O)COc1ccccc1)CCC2.